The molecule has 2 aliphatic rings. The molecule has 142 valence electrons. The van der Waals surface area contributed by atoms with Crippen LogP contribution in [0, 0.1) is 5.92 Å². The van der Waals surface area contributed by atoms with Crippen LogP contribution in [0.25, 0.3) is 11.5 Å². The second kappa shape index (κ2) is 7.60. The van der Waals surface area contributed by atoms with Crippen molar-refractivity contribution in [1.29, 1.82) is 0 Å². The summed E-state index contributed by atoms with van der Waals surface area (Å²) in [5, 5.41) is 10.1. The Bertz CT molecular complexity index is 819. The van der Waals surface area contributed by atoms with Crippen molar-refractivity contribution in [2.24, 2.45) is 5.92 Å². The van der Waals surface area contributed by atoms with Crippen molar-refractivity contribution in [2.45, 2.75) is 38.2 Å². The fraction of sp³-hybridized carbons (Fsp3) is 0.500. The van der Waals surface area contributed by atoms with Crippen molar-refractivity contribution in [3.8, 4) is 11.5 Å². The summed E-state index contributed by atoms with van der Waals surface area (Å²) >= 11 is 0. The lowest BCUT2D eigenvalue weighted by atomic mass is 9.91. The van der Waals surface area contributed by atoms with Gasteiger partial charge in [0.2, 0.25) is 0 Å². The van der Waals surface area contributed by atoms with Crippen LogP contribution in [-0.2, 0) is 22.4 Å². The first-order valence-electron chi connectivity index (χ1n) is 9.49. The smallest absolute Gasteiger partial charge is 0.334 e. The van der Waals surface area contributed by atoms with Crippen LogP contribution in [0.15, 0.2) is 24.4 Å². The molecule has 2 aromatic heterocycles. The van der Waals surface area contributed by atoms with Crippen LogP contribution in [-0.4, -0.2) is 52.3 Å². The zero-order chi connectivity index (χ0) is 18.8. The Kier molecular flexibility index (Phi) is 5.03. The predicted octanol–water partition coefficient (Wildman–Crippen LogP) is 1.78. The van der Waals surface area contributed by atoms with Crippen LogP contribution in [0.4, 0.5) is 5.82 Å². The fourth-order valence-electron chi connectivity index (χ4n) is 4.02. The van der Waals surface area contributed by atoms with Crippen molar-refractivity contribution in [1.82, 2.24) is 15.0 Å². The molecule has 1 fully saturated rings. The topological polar surface area (TPSA) is 88.4 Å². The van der Waals surface area contributed by atoms with Gasteiger partial charge in [-0.25, -0.2) is 14.8 Å². The Labute approximate surface area is 158 Å². The molecule has 4 rings (SSSR count). The van der Waals surface area contributed by atoms with Crippen molar-refractivity contribution in [3.63, 3.8) is 0 Å². The molecular weight excluding hydrogens is 344 g/mol. The highest BCUT2D eigenvalue weighted by molar-refractivity contribution is 5.74. The van der Waals surface area contributed by atoms with E-state index in [1.165, 1.54) is 12.7 Å². The SMILES string of the molecule is COC(=O)C(O)C1CCN(c2nc(-c3ccccn3)nc3c2CCC3)CC1. The number of aryl methyl sites for hydroxylation is 1. The van der Waals surface area contributed by atoms with Crippen LogP contribution in [0.5, 0.6) is 0 Å². The molecule has 7 heteroatoms. The average molecular weight is 368 g/mol. The van der Waals surface area contributed by atoms with Crippen molar-refractivity contribution in [3.05, 3.63) is 35.7 Å². The maximum absolute atomic E-state index is 11.6. The van der Waals surface area contributed by atoms with Gasteiger partial charge in [-0.05, 0) is 50.2 Å². The average Bonchev–Trinajstić information content (AvgIpc) is 3.21. The second-order valence-corrected chi connectivity index (χ2v) is 7.16. The third-order valence-corrected chi connectivity index (χ3v) is 5.53. The number of rotatable bonds is 4. The van der Waals surface area contributed by atoms with E-state index >= 15 is 0 Å². The number of methoxy groups -OCH3 is 1. The van der Waals surface area contributed by atoms with Crippen molar-refractivity contribution >= 4 is 11.8 Å². The maximum Gasteiger partial charge on any atom is 0.334 e. The van der Waals surface area contributed by atoms with E-state index in [9.17, 15) is 9.90 Å². The quantitative estimate of drug-likeness (QED) is 0.823. The summed E-state index contributed by atoms with van der Waals surface area (Å²) < 4.78 is 4.67. The zero-order valence-electron chi connectivity index (χ0n) is 15.5. The van der Waals surface area contributed by atoms with E-state index in [-0.39, 0.29) is 5.92 Å². The molecule has 1 atom stereocenters. The number of aromatic nitrogens is 3. The number of pyridine rings is 1. The Morgan fingerprint density at radius 2 is 2.07 bits per heavy atom. The third kappa shape index (κ3) is 3.51. The molecule has 1 N–H and O–H groups in total. The minimum atomic E-state index is -1.04. The number of ether oxygens (including phenoxy) is 1. The standard InChI is InChI=1S/C20H24N4O3/c1-27-20(26)17(25)13-8-11-24(12-9-13)19-14-5-4-7-15(14)22-18(23-19)16-6-2-3-10-21-16/h2-3,6,10,13,17,25H,4-5,7-9,11-12H2,1H3. The van der Waals surface area contributed by atoms with Gasteiger partial charge >= 0.3 is 5.97 Å². The highest BCUT2D eigenvalue weighted by Crippen LogP contribution is 2.33. The number of piperidine rings is 1. The summed E-state index contributed by atoms with van der Waals surface area (Å²) in [6.45, 7) is 1.51. The molecule has 3 heterocycles. The zero-order valence-corrected chi connectivity index (χ0v) is 15.5. The molecule has 0 saturated carbocycles. The molecule has 0 bridgehead atoms. The van der Waals surface area contributed by atoms with E-state index in [0.717, 1.165) is 62.4 Å². The van der Waals surface area contributed by atoms with E-state index in [4.69, 9.17) is 9.97 Å². The van der Waals surface area contributed by atoms with Gasteiger partial charge in [0.25, 0.3) is 0 Å². The van der Waals surface area contributed by atoms with E-state index in [1.807, 2.05) is 18.2 Å². The molecular formula is C20H24N4O3. The van der Waals surface area contributed by atoms with Crippen LogP contribution in [0.3, 0.4) is 0 Å². The number of anilines is 1. The first kappa shape index (κ1) is 17.9. The summed E-state index contributed by atoms with van der Waals surface area (Å²) in [5.74, 6) is 1.04. The number of esters is 1. The van der Waals surface area contributed by atoms with Gasteiger partial charge in [-0.3, -0.25) is 4.98 Å². The molecule has 0 amide bonds. The number of aliphatic hydroxyl groups is 1. The number of carbonyl (C=O) groups is 1. The fourth-order valence-corrected chi connectivity index (χ4v) is 4.02. The first-order valence-corrected chi connectivity index (χ1v) is 9.49. The molecule has 0 spiro atoms. The van der Waals surface area contributed by atoms with Crippen LogP contribution in [0.1, 0.15) is 30.5 Å². The van der Waals surface area contributed by atoms with E-state index in [1.54, 1.807) is 6.20 Å². The normalized spacial score (nSPS) is 18.2. The molecule has 2 aromatic rings. The predicted molar refractivity (Wildman–Crippen MR) is 100 cm³/mol. The number of hydrogen-bond acceptors (Lipinski definition) is 7. The summed E-state index contributed by atoms with van der Waals surface area (Å²) in [7, 11) is 1.31. The molecule has 7 nitrogen and oxygen atoms in total. The highest BCUT2D eigenvalue weighted by atomic mass is 16.5. The lowest BCUT2D eigenvalue weighted by Crippen LogP contribution is -2.41. The molecule has 1 unspecified atom stereocenters. The Balaban J connectivity index is 1.58. The lowest BCUT2D eigenvalue weighted by Gasteiger charge is -2.35. The number of carbonyl (C=O) groups excluding carboxylic acids is 1. The maximum atomic E-state index is 11.6. The highest BCUT2D eigenvalue weighted by Gasteiger charge is 2.32. The minimum Gasteiger partial charge on any atom is -0.467 e. The molecule has 1 saturated heterocycles. The number of nitrogens with zero attached hydrogens (tertiary/aromatic N) is 4. The van der Waals surface area contributed by atoms with Gasteiger partial charge in [0.15, 0.2) is 11.9 Å². The Hall–Kier alpha value is -2.54. The van der Waals surface area contributed by atoms with Crippen LogP contribution in [0.2, 0.25) is 0 Å². The third-order valence-electron chi connectivity index (χ3n) is 5.53. The van der Waals surface area contributed by atoms with Crippen molar-refractivity contribution < 1.29 is 14.6 Å². The van der Waals surface area contributed by atoms with E-state index in [2.05, 4.69) is 14.6 Å². The minimum absolute atomic E-state index is 0.0705. The van der Waals surface area contributed by atoms with Crippen LogP contribution >= 0.6 is 0 Å². The number of aliphatic hydroxyl groups excluding tert-OH is 1. The Morgan fingerprint density at radius 1 is 1.26 bits per heavy atom. The van der Waals surface area contributed by atoms with Crippen LogP contribution < -0.4 is 4.90 Å². The second-order valence-electron chi connectivity index (χ2n) is 7.16. The molecule has 0 aromatic carbocycles. The van der Waals surface area contributed by atoms with Gasteiger partial charge in [-0.1, -0.05) is 6.07 Å². The summed E-state index contributed by atoms with van der Waals surface area (Å²) in [4.78, 5) is 27.9. The van der Waals surface area contributed by atoms with Gasteiger partial charge in [0.05, 0.1) is 7.11 Å². The molecule has 1 aliphatic carbocycles. The van der Waals surface area contributed by atoms with Gasteiger partial charge in [0.1, 0.15) is 11.5 Å². The van der Waals surface area contributed by atoms with Gasteiger partial charge in [0, 0.05) is 30.5 Å². The summed E-state index contributed by atoms with van der Waals surface area (Å²) in [5.41, 5.74) is 3.14. The van der Waals surface area contributed by atoms with E-state index in [0.29, 0.717) is 5.82 Å². The summed E-state index contributed by atoms with van der Waals surface area (Å²) in [6, 6.07) is 5.76. The summed E-state index contributed by atoms with van der Waals surface area (Å²) in [6.07, 6.45) is 5.24. The van der Waals surface area contributed by atoms with Gasteiger partial charge in [-0.15, -0.1) is 0 Å². The molecule has 0 radical (unpaired) electrons. The van der Waals surface area contributed by atoms with Crippen molar-refractivity contribution in [2.75, 3.05) is 25.1 Å². The molecule has 1 aliphatic heterocycles. The first-order chi connectivity index (χ1) is 13.2. The molecule has 27 heavy (non-hydrogen) atoms. The lowest BCUT2D eigenvalue weighted by molar-refractivity contribution is -0.153. The van der Waals surface area contributed by atoms with E-state index < -0.39 is 12.1 Å². The van der Waals surface area contributed by atoms with Gasteiger partial charge in [-0.2, -0.15) is 0 Å². The largest absolute Gasteiger partial charge is 0.467 e. The Morgan fingerprint density at radius 3 is 2.78 bits per heavy atom. The van der Waals surface area contributed by atoms with Gasteiger partial charge < -0.3 is 14.7 Å². The number of fused-ring (bicyclic) bond motifs is 1. The number of hydrogen-bond donors (Lipinski definition) is 1. The monoisotopic (exact) mass is 368 g/mol.